The summed E-state index contributed by atoms with van der Waals surface area (Å²) < 4.78 is 11.9. The zero-order valence-electron chi connectivity index (χ0n) is 18.4. The lowest BCUT2D eigenvalue weighted by atomic mass is 10.1. The van der Waals surface area contributed by atoms with Crippen LogP contribution < -0.4 is 20.9 Å². The highest BCUT2D eigenvalue weighted by Gasteiger charge is 2.12. The quantitative estimate of drug-likeness (QED) is 0.383. The van der Waals surface area contributed by atoms with Crippen LogP contribution in [0.2, 0.25) is 0 Å². The third-order valence-electron chi connectivity index (χ3n) is 5.29. The monoisotopic (exact) mass is 440 g/mol. The molecule has 0 spiro atoms. The van der Waals surface area contributed by atoms with Gasteiger partial charge in [0.1, 0.15) is 24.7 Å². The normalized spacial score (nSPS) is 12.7. The summed E-state index contributed by atoms with van der Waals surface area (Å²) in [6.07, 6.45) is 5.81. The molecule has 0 amide bonds. The highest BCUT2D eigenvalue weighted by atomic mass is 16.5. The largest absolute Gasteiger partial charge is 0.490 e. The van der Waals surface area contributed by atoms with E-state index in [-0.39, 0.29) is 12.1 Å². The zero-order chi connectivity index (χ0) is 22.9. The molecule has 2 aromatic carbocycles. The first-order valence-electron chi connectivity index (χ1n) is 10.9. The molecule has 0 aliphatic carbocycles. The summed E-state index contributed by atoms with van der Waals surface area (Å²) in [6, 6.07) is 25.1. The average molecular weight is 441 g/mol. The Kier molecular flexibility index (Phi) is 7.64. The Morgan fingerprint density at radius 2 is 1.36 bits per heavy atom. The first-order valence-corrected chi connectivity index (χ1v) is 10.9. The summed E-state index contributed by atoms with van der Waals surface area (Å²) in [4.78, 5) is 8.83. The van der Waals surface area contributed by atoms with Gasteiger partial charge in [-0.05, 0) is 34.9 Å². The van der Waals surface area contributed by atoms with Crippen molar-refractivity contribution in [1.82, 2.24) is 9.97 Å². The third kappa shape index (κ3) is 6.38. The second-order valence-corrected chi connectivity index (χ2v) is 7.81. The van der Waals surface area contributed by atoms with E-state index in [9.17, 15) is 0 Å². The molecule has 4 aromatic rings. The number of aromatic nitrogens is 2. The highest BCUT2D eigenvalue weighted by molar-refractivity contribution is 5.34. The second kappa shape index (κ2) is 11.2. The Hall–Kier alpha value is -3.74. The fourth-order valence-corrected chi connectivity index (χ4v) is 3.48. The van der Waals surface area contributed by atoms with Gasteiger partial charge in [0.2, 0.25) is 0 Å². The van der Waals surface area contributed by atoms with Gasteiger partial charge in [-0.1, -0.05) is 60.7 Å². The summed E-state index contributed by atoms with van der Waals surface area (Å²) in [5.74, 6) is 1.38. The molecule has 4 rings (SSSR count). The highest BCUT2D eigenvalue weighted by Crippen LogP contribution is 2.23. The van der Waals surface area contributed by atoms with Gasteiger partial charge in [0.05, 0.1) is 24.0 Å². The van der Waals surface area contributed by atoms with Crippen LogP contribution in [-0.2, 0) is 6.42 Å². The number of ether oxygens (including phenoxy) is 2. The first kappa shape index (κ1) is 22.5. The zero-order valence-corrected chi connectivity index (χ0v) is 18.4. The molecule has 6 heteroatoms. The molecule has 0 saturated carbocycles. The van der Waals surface area contributed by atoms with Crippen molar-refractivity contribution in [2.45, 2.75) is 18.5 Å². The lowest BCUT2D eigenvalue weighted by Crippen LogP contribution is -2.19. The van der Waals surface area contributed by atoms with E-state index < -0.39 is 0 Å². The number of pyridine rings is 2. The van der Waals surface area contributed by atoms with Gasteiger partial charge in [0, 0.05) is 18.8 Å². The molecule has 6 nitrogen and oxygen atoms in total. The van der Waals surface area contributed by atoms with Crippen LogP contribution in [0, 0.1) is 0 Å². The smallest absolute Gasteiger partial charge is 0.141 e. The molecule has 0 saturated heterocycles. The van der Waals surface area contributed by atoms with Gasteiger partial charge >= 0.3 is 0 Å². The lowest BCUT2D eigenvalue weighted by Gasteiger charge is -2.16. The minimum absolute atomic E-state index is 0.209. The van der Waals surface area contributed by atoms with E-state index in [4.69, 9.17) is 20.9 Å². The van der Waals surface area contributed by atoms with Gasteiger partial charge in [-0.25, -0.2) is 0 Å². The maximum Gasteiger partial charge on any atom is 0.141 e. The minimum atomic E-state index is -0.216. The van der Waals surface area contributed by atoms with Crippen molar-refractivity contribution in [2.24, 2.45) is 11.5 Å². The van der Waals surface area contributed by atoms with Crippen LogP contribution in [0.1, 0.15) is 34.5 Å². The SMILES string of the molecule is NC(COc1cncc(Cc2ncccc2OCC(N)c2ccccc2)c1)c1ccccc1. The summed E-state index contributed by atoms with van der Waals surface area (Å²) in [5.41, 5.74) is 16.4. The Bertz CT molecular complexity index is 1140. The summed E-state index contributed by atoms with van der Waals surface area (Å²) in [5, 5.41) is 0. The van der Waals surface area contributed by atoms with Crippen molar-refractivity contribution in [1.29, 1.82) is 0 Å². The van der Waals surface area contributed by atoms with Crippen molar-refractivity contribution in [3.63, 3.8) is 0 Å². The van der Waals surface area contributed by atoms with E-state index in [0.717, 1.165) is 22.4 Å². The molecular formula is C27H28N4O2. The van der Waals surface area contributed by atoms with Gasteiger partial charge in [-0.2, -0.15) is 0 Å². The van der Waals surface area contributed by atoms with E-state index in [1.807, 2.05) is 78.9 Å². The lowest BCUT2D eigenvalue weighted by molar-refractivity contribution is 0.286. The van der Waals surface area contributed by atoms with Crippen molar-refractivity contribution in [2.75, 3.05) is 13.2 Å². The topological polar surface area (TPSA) is 96.3 Å². The van der Waals surface area contributed by atoms with Crippen LogP contribution in [0.5, 0.6) is 11.5 Å². The van der Waals surface area contributed by atoms with Gasteiger partial charge in [0.15, 0.2) is 0 Å². The van der Waals surface area contributed by atoms with Gasteiger partial charge in [-0.3, -0.25) is 9.97 Å². The molecule has 2 aromatic heterocycles. The molecule has 2 atom stereocenters. The number of hydrogen-bond donors (Lipinski definition) is 2. The maximum absolute atomic E-state index is 6.28. The van der Waals surface area contributed by atoms with E-state index in [2.05, 4.69) is 9.97 Å². The molecule has 168 valence electrons. The Labute approximate surface area is 194 Å². The van der Waals surface area contributed by atoms with Crippen LogP contribution in [0.25, 0.3) is 0 Å². The fourth-order valence-electron chi connectivity index (χ4n) is 3.48. The molecule has 0 radical (unpaired) electrons. The number of nitrogens with zero attached hydrogens (tertiary/aromatic N) is 2. The van der Waals surface area contributed by atoms with Crippen LogP contribution in [-0.4, -0.2) is 23.2 Å². The van der Waals surface area contributed by atoms with Gasteiger partial charge in [-0.15, -0.1) is 0 Å². The molecule has 4 N–H and O–H groups in total. The second-order valence-electron chi connectivity index (χ2n) is 7.81. The molecule has 0 aliphatic rings. The molecule has 0 fully saturated rings. The minimum Gasteiger partial charge on any atom is -0.490 e. The van der Waals surface area contributed by atoms with Crippen LogP contribution >= 0.6 is 0 Å². The summed E-state index contributed by atoms with van der Waals surface area (Å²) in [6.45, 7) is 0.728. The van der Waals surface area contributed by atoms with E-state index >= 15 is 0 Å². The number of hydrogen-bond acceptors (Lipinski definition) is 6. The van der Waals surface area contributed by atoms with Crippen LogP contribution in [0.4, 0.5) is 0 Å². The summed E-state index contributed by atoms with van der Waals surface area (Å²) >= 11 is 0. The number of benzene rings is 2. The molecule has 0 bridgehead atoms. The third-order valence-corrected chi connectivity index (χ3v) is 5.29. The van der Waals surface area contributed by atoms with Crippen molar-refractivity contribution < 1.29 is 9.47 Å². The van der Waals surface area contributed by atoms with Gasteiger partial charge < -0.3 is 20.9 Å². The van der Waals surface area contributed by atoms with Crippen LogP contribution in [0.15, 0.2) is 97.5 Å². The Balaban J connectivity index is 1.38. The van der Waals surface area contributed by atoms with E-state index in [1.165, 1.54) is 0 Å². The van der Waals surface area contributed by atoms with Crippen LogP contribution in [0.3, 0.4) is 0 Å². The number of rotatable bonds is 10. The maximum atomic E-state index is 6.28. The van der Waals surface area contributed by atoms with E-state index in [1.54, 1.807) is 18.6 Å². The predicted octanol–water partition coefficient (Wildman–Crippen LogP) is 4.23. The first-order chi connectivity index (χ1) is 16.2. The van der Waals surface area contributed by atoms with E-state index in [0.29, 0.717) is 31.1 Å². The Morgan fingerprint density at radius 3 is 2.03 bits per heavy atom. The number of nitrogens with two attached hydrogens (primary N) is 2. The van der Waals surface area contributed by atoms with Crippen molar-refractivity contribution >= 4 is 0 Å². The fraction of sp³-hybridized carbons (Fsp3) is 0.185. The van der Waals surface area contributed by atoms with Crippen molar-refractivity contribution in [3.8, 4) is 11.5 Å². The molecule has 33 heavy (non-hydrogen) atoms. The molecular weight excluding hydrogens is 412 g/mol. The molecule has 2 unspecified atom stereocenters. The van der Waals surface area contributed by atoms with Crippen molar-refractivity contribution in [3.05, 3.63) is 120 Å². The average Bonchev–Trinajstić information content (AvgIpc) is 2.88. The molecule has 0 aliphatic heterocycles. The molecule has 2 heterocycles. The van der Waals surface area contributed by atoms with Gasteiger partial charge in [0.25, 0.3) is 0 Å². The summed E-state index contributed by atoms with van der Waals surface area (Å²) in [7, 11) is 0. The Morgan fingerprint density at radius 1 is 0.727 bits per heavy atom. The standard InChI is InChI=1S/C27H28N4O2/c28-24(21-8-3-1-4-9-21)18-32-23-14-20(16-30-17-23)15-26-27(12-7-13-31-26)33-19-25(29)22-10-5-2-6-11-22/h1-14,16-17,24-25H,15,18-19,28-29H2. The predicted molar refractivity (Wildman–Crippen MR) is 129 cm³/mol.